The van der Waals surface area contributed by atoms with Crippen molar-refractivity contribution >= 4 is 7.28 Å². The Balaban J connectivity index is 2.79. The zero-order valence-corrected chi connectivity index (χ0v) is 7.72. The van der Waals surface area contributed by atoms with Crippen LogP contribution in [0, 0.1) is 0 Å². The van der Waals surface area contributed by atoms with Gasteiger partial charge in [-0.1, -0.05) is 27.0 Å². The summed E-state index contributed by atoms with van der Waals surface area (Å²) in [5.41, 5.74) is 2.31. The second-order valence-electron chi connectivity index (χ2n) is 3.57. The van der Waals surface area contributed by atoms with Crippen molar-refractivity contribution in [3.8, 4) is 0 Å². The van der Waals surface area contributed by atoms with E-state index in [0.717, 1.165) is 5.70 Å². The average Bonchev–Trinajstić information content (AvgIpc) is 1.97. The van der Waals surface area contributed by atoms with Crippen LogP contribution in [0.2, 0.25) is 5.82 Å². The molecule has 1 nitrogen and oxygen atoms in total. The Kier molecular flexibility index (Phi) is 2.12. The van der Waals surface area contributed by atoms with Crippen molar-refractivity contribution in [2.75, 3.05) is 7.05 Å². The lowest BCUT2D eigenvalue weighted by atomic mass is 9.54. The predicted octanol–water partition coefficient (Wildman–Crippen LogP) is 1.59. The molecule has 0 amide bonds. The second kappa shape index (κ2) is 2.76. The predicted molar refractivity (Wildman–Crippen MR) is 52.1 cm³/mol. The van der Waals surface area contributed by atoms with Gasteiger partial charge in [-0.05, 0) is 17.3 Å². The number of likely N-dealkylation sites (N-methyl/N-ethyl adjacent to an activating group) is 1. The fourth-order valence-electron chi connectivity index (χ4n) is 1.59. The van der Waals surface area contributed by atoms with E-state index in [4.69, 9.17) is 0 Å². The van der Waals surface area contributed by atoms with Gasteiger partial charge >= 0.3 is 0 Å². The molecule has 2 heteroatoms. The summed E-state index contributed by atoms with van der Waals surface area (Å²) >= 11 is 0. The van der Waals surface area contributed by atoms with E-state index in [1.807, 2.05) is 0 Å². The van der Waals surface area contributed by atoms with E-state index in [0.29, 0.717) is 11.8 Å². The van der Waals surface area contributed by atoms with Crippen LogP contribution >= 0.6 is 0 Å². The molecule has 0 spiro atoms. The van der Waals surface area contributed by atoms with Crippen LogP contribution in [0.25, 0.3) is 0 Å². The van der Waals surface area contributed by atoms with Gasteiger partial charge in [0.1, 0.15) is 0 Å². The van der Waals surface area contributed by atoms with Crippen LogP contribution in [0.15, 0.2) is 24.4 Å². The molecule has 0 aromatic carbocycles. The fourth-order valence-corrected chi connectivity index (χ4v) is 1.59. The lowest BCUT2D eigenvalue weighted by Crippen LogP contribution is -2.40. The molecule has 2 atom stereocenters. The van der Waals surface area contributed by atoms with Gasteiger partial charge < -0.3 is 4.90 Å². The molecule has 1 fully saturated rings. The molecular formula is C9H16BN. The molecular weight excluding hydrogens is 133 g/mol. The standard InChI is InChI=1S/C9H16BN/c1-6-7(2)10-9(4)11(5)8(6)3/h7,9-10H,1,3H2,2,4-5H3. The van der Waals surface area contributed by atoms with Gasteiger partial charge in [-0.25, -0.2) is 0 Å². The van der Waals surface area contributed by atoms with Crippen LogP contribution in [-0.4, -0.2) is 25.2 Å². The summed E-state index contributed by atoms with van der Waals surface area (Å²) < 4.78 is 0. The third-order valence-electron chi connectivity index (χ3n) is 2.75. The summed E-state index contributed by atoms with van der Waals surface area (Å²) in [6, 6.07) is 0. The minimum absolute atomic E-state index is 0.605. The third-order valence-corrected chi connectivity index (χ3v) is 2.75. The number of rotatable bonds is 0. The van der Waals surface area contributed by atoms with Gasteiger partial charge in [0.25, 0.3) is 0 Å². The molecule has 60 valence electrons. The van der Waals surface area contributed by atoms with Crippen LogP contribution in [0.1, 0.15) is 13.8 Å². The van der Waals surface area contributed by atoms with E-state index in [1.165, 1.54) is 12.9 Å². The Morgan fingerprint density at radius 3 is 2.45 bits per heavy atom. The Labute approximate surface area is 70.0 Å². The molecule has 0 radical (unpaired) electrons. The van der Waals surface area contributed by atoms with Gasteiger partial charge in [0.05, 0.1) is 0 Å². The molecule has 0 aromatic rings. The van der Waals surface area contributed by atoms with E-state index in [-0.39, 0.29) is 0 Å². The van der Waals surface area contributed by atoms with Gasteiger partial charge in [0.15, 0.2) is 7.28 Å². The van der Waals surface area contributed by atoms with Crippen molar-refractivity contribution in [2.45, 2.75) is 25.6 Å². The van der Waals surface area contributed by atoms with Crippen LogP contribution in [0.5, 0.6) is 0 Å². The molecule has 0 aromatic heterocycles. The lowest BCUT2D eigenvalue weighted by molar-refractivity contribution is 0.393. The van der Waals surface area contributed by atoms with E-state index >= 15 is 0 Å². The van der Waals surface area contributed by atoms with E-state index in [9.17, 15) is 0 Å². The SMILES string of the molecule is C=C1C(=C)N(C)C(C)BC1C. The highest BCUT2D eigenvalue weighted by Crippen LogP contribution is 2.30. The Morgan fingerprint density at radius 2 is 1.91 bits per heavy atom. The maximum Gasteiger partial charge on any atom is 0.157 e. The number of hydrogen-bond donors (Lipinski definition) is 0. The molecule has 1 heterocycles. The molecule has 1 rings (SSSR count). The zero-order chi connectivity index (χ0) is 8.59. The van der Waals surface area contributed by atoms with Crippen LogP contribution in [-0.2, 0) is 0 Å². The number of allylic oxidation sites excluding steroid dienone is 1. The quantitative estimate of drug-likeness (QED) is 0.472. The smallest absolute Gasteiger partial charge is 0.157 e. The molecule has 0 N–H and O–H groups in total. The van der Waals surface area contributed by atoms with E-state index < -0.39 is 0 Å². The first-order valence-corrected chi connectivity index (χ1v) is 4.15. The maximum absolute atomic E-state index is 4.02. The minimum atomic E-state index is 0.605. The first-order valence-electron chi connectivity index (χ1n) is 4.15. The molecule has 0 aliphatic carbocycles. The topological polar surface area (TPSA) is 3.24 Å². The first-order chi connectivity index (χ1) is 5.04. The van der Waals surface area contributed by atoms with Crippen molar-refractivity contribution < 1.29 is 0 Å². The minimum Gasteiger partial charge on any atom is -0.380 e. The number of nitrogens with zero attached hydrogens (tertiary/aromatic N) is 1. The summed E-state index contributed by atoms with van der Waals surface area (Å²) in [6.45, 7) is 12.5. The van der Waals surface area contributed by atoms with Gasteiger partial charge in [0.2, 0.25) is 0 Å². The van der Waals surface area contributed by atoms with Gasteiger partial charge in [-0.15, -0.1) is 0 Å². The highest BCUT2D eigenvalue weighted by atomic mass is 15.1. The molecule has 1 saturated heterocycles. The molecule has 1 aliphatic rings. The highest BCUT2D eigenvalue weighted by Gasteiger charge is 2.26. The fraction of sp³-hybridized carbons (Fsp3) is 0.556. The van der Waals surface area contributed by atoms with Crippen molar-refractivity contribution in [1.29, 1.82) is 0 Å². The summed E-state index contributed by atoms with van der Waals surface area (Å²) in [5, 5.41) is 0. The largest absolute Gasteiger partial charge is 0.380 e. The van der Waals surface area contributed by atoms with Crippen molar-refractivity contribution in [3.63, 3.8) is 0 Å². The summed E-state index contributed by atoms with van der Waals surface area (Å²) in [6.07, 6.45) is 0. The van der Waals surface area contributed by atoms with Crippen molar-refractivity contribution in [2.24, 2.45) is 0 Å². The van der Waals surface area contributed by atoms with E-state index in [2.05, 4.69) is 39.0 Å². The Morgan fingerprint density at radius 1 is 1.36 bits per heavy atom. The van der Waals surface area contributed by atoms with E-state index in [1.54, 1.807) is 0 Å². The number of hydrogen-bond acceptors (Lipinski definition) is 1. The normalized spacial score (nSPS) is 32.1. The third kappa shape index (κ3) is 1.35. The van der Waals surface area contributed by atoms with Crippen molar-refractivity contribution in [3.05, 3.63) is 24.4 Å². The molecule has 2 unspecified atom stereocenters. The monoisotopic (exact) mass is 149 g/mol. The van der Waals surface area contributed by atoms with Crippen LogP contribution in [0.3, 0.4) is 0 Å². The summed E-state index contributed by atoms with van der Waals surface area (Å²) in [7, 11) is 3.29. The second-order valence-corrected chi connectivity index (χ2v) is 3.57. The summed E-state index contributed by atoms with van der Waals surface area (Å²) in [4.78, 5) is 2.21. The summed E-state index contributed by atoms with van der Waals surface area (Å²) in [5.74, 6) is 1.22. The highest BCUT2D eigenvalue weighted by molar-refractivity contribution is 6.41. The maximum atomic E-state index is 4.02. The van der Waals surface area contributed by atoms with Crippen LogP contribution < -0.4 is 0 Å². The van der Waals surface area contributed by atoms with Gasteiger partial charge in [-0.2, -0.15) is 0 Å². The Hall–Kier alpha value is -0.655. The molecule has 0 saturated carbocycles. The molecule has 11 heavy (non-hydrogen) atoms. The average molecular weight is 149 g/mol. The van der Waals surface area contributed by atoms with Crippen molar-refractivity contribution in [1.82, 2.24) is 4.90 Å². The van der Waals surface area contributed by atoms with Gasteiger partial charge in [-0.3, -0.25) is 0 Å². The first kappa shape index (κ1) is 8.44. The molecule has 1 aliphatic heterocycles. The van der Waals surface area contributed by atoms with Crippen LogP contribution in [0.4, 0.5) is 0 Å². The van der Waals surface area contributed by atoms with Gasteiger partial charge in [0, 0.05) is 12.7 Å². The lowest BCUT2D eigenvalue weighted by Gasteiger charge is -2.37. The Bertz CT molecular complexity index is 198. The zero-order valence-electron chi connectivity index (χ0n) is 7.72. The molecule has 0 bridgehead atoms.